The molecule has 7 nitrogen and oxygen atoms in total. The van der Waals surface area contributed by atoms with Gasteiger partial charge in [-0.2, -0.15) is 5.26 Å². The predicted molar refractivity (Wildman–Crippen MR) is 76.2 cm³/mol. The summed E-state index contributed by atoms with van der Waals surface area (Å²) in [6.07, 6.45) is 0. The zero-order valence-electron chi connectivity index (χ0n) is 10.7. The molecule has 0 saturated carbocycles. The largest absolute Gasteiger partial charge is 0.269 e. The van der Waals surface area contributed by atoms with E-state index in [0.717, 1.165) is 0 Å². The Labute approximate surface area is 120 Å². The molecule has 0 spiro atoms. The van der Waals surface area contributed by atoms with E-state index in [2.05, 4.69) is 15.4 Å². The minimum absolute atomic E-state index is 0.0320. The average molecular weight is 279 g/mol. The van der Waals surface area contributed by atoms with Crippen LogP contribution in [0.1, 0.15) is 5.56 Å². The Morgan fingerprint density at radius 1 is 1.10 bits per heavy atom. The summed E-state index contributed by atoms with van der Waals surface area (Å²) in [6.45, 7) is 0. The third-order valence-corrected chi connectivity index (χ3v) is 2.52. The first-order valence-electron chi connectivity index (χ1n) is 5.89. The Morgan fingerprint density at radius 3 is 2.33 bits per heavy atom. The van der Waals surface area contributed by atoms with Crippen LogP contribution in [0, 0.1) is 21.4 Å². The van der Waals surface area contributed by atoms with Crippen LogP contribution in [-0.4, -0.2) is 10.6 Å². The van der Waals surface area contributed by atoms with Crippen molar-refractivity contribution in [3.63, 3.8) is 0 Å². The molecule has 0 saturated heterocycles. The maximum Gasteiger partial charge on any atom is 0.269 e. The van der Waals surface area contributed by atoms with Crippen LogP contribution in [0.5, 0.6) is 0 Å². The lowest BCUT2D eigenvalue weighted by molar-refractivity contribution is -0.384. The van der Waals surface area contributed by atoms with Crippen LogP contribution in [0.15, 0.2) is 70.0 Å². The summed E-state index contributed by atoms with van der Waals surface area (Å²) in [7, 11) is 0. The molecule has 2 aromatic carbocycles. The smallest absolute Gasteiger partial charge is 0.258 e. The summed E-state index contributed by atoms with van der Waals surface area (Å²) in [6, 6.07) is 16.3. The first-order valence-corrected chi connectivity index (χ1v) is 5.89. The van der Waals surface area contributed by atoms with E-state index in [9.17, 15) is 10.1 Å². The lowest BCUT2D eigenvalue weighted by Crippen LogP contribution is -1.96. The second kappa shape index (κ2) is 6.68. The minimum Gasteiger partial charge on any atom is -0.258 e. The standard InChI is InChI=1S/C14H9N5O2/c15-10-14(11-6-8-13(9-7-11)19(20)21)17-18-16-12-4-2-1-3-5-12/h1-9H/b17-14-,18-16?. The topological polar surface area (TPSA) is 104 Å². The molecule has 102 valence electrons. The summed E-state index contributed by atoms with van der Waals surface area (Å²) in [5.74, 6) is 0. The number of benzene rings is 2. The number of nitriles is 1. The highest BCUT2D eigenvalue weighted by Crippen LogP contribution is 2.13. The fraction of sp³-hybridized carbons (Fsp3) is 0. The van der Waals surface area contributed by atoms with E-state index in [1.807, 2.05) is 12.1 Å². The van der Waals surface area contributed by atoms with Crippen molar-refractivity contribution in [1.82, 2.24) is 0 Å². The number of hydrogen-bond acceptors (Lipinski definition) is 5. The van der Waals surface area contributed by atoms with Crippen LogP contribution in [-0.2, 0) is 0 Å². The molecular formula is C14H9N5O2. The van der Waals surface area contributed by atoms with E-state index in [4.69, 9.17) is 5.26 Å². The Balaban J connectivity index is 2.19. The molecule has 0 bridgehead atoms. The first-order chi connectivity index (χ1) is 10.2. The zero-order chi connectivity index (χ0) is 15.1. The van der Waals surface area contributed by atoms with E-state index in [1.54, 1.807) is 24.3 Å². The van der Waals surface area contributed by atoms with Gasteiger partial charge < -0.3 is 0 Å². The van der Waals surface area contributed by atoms with Crippen molar-refractivity contribution in [2.75, 3.05) is 0 Å². The van der Waals surface area contributed by atoms with Gasteiger partial charge in [-0.3, -0.25) is 10.1 Å². The summed E-state index contributed by atoms with van der Waals surface area (Å²) < 4.78 is 0. The Morgan fingerprint density at radius 2 is 1.76 bits per heavy atom. The summed E-state index contributed by atoms with van der Waals surface area (Å²) in [5.41, 5.74) is 1.03. The van der Waals surface area contributed by atoms with Gasteiger partial charge in [0, 0.05) is 17.7 Å². The van der Waals surface area contributed by atoms with Gasteiger partial charge in [0.05, 0.1) is 10.6 Å². The number of nitro groups is 1. The molecule has 0 radical (unpaired) electrons. The monoisotopic (exact) mass is 279 g/mol. The number of nitro benzene ring substituents is 1. The van der Waals surface area contributed by atoms with Crippen LogP contribution in [0.3, 0.4) is 0 Å². The fourth-order valence-electron chi connectivity index (χ4n) is 1.50. The van der Waals surface area contributed by atoms with Crippen molar-refractivity contribution in [1.29, 1.82) is 5.26 Å². The van der Waals surface area contributed by atoms with E-state index < -0.39 is 4.92 Å². The minimum atomic E-state index is -0.512. The molecule has 7 heteroatoms. The van der Waals surface area contributed by atoms with Gasteiger partial charge >= 0.3 is 0 Å². The fourth-order valence-corrected chi connectivity index (χ4v) is 1.50. The van der Waals surface area contributed by atoms with E-state index in [-0.39, 0.29) is 11.4 Å². The molecule has 0 aromatic heterocycles. The molecule has 2 rings (SSSR count). The van der Waals surface area contributed by atoms with Crippen LogP contribution in [0.2, 0.25) is 0 Å². The molecular weight excluding hydrogens is 270 g/mol. The van der Waals surface area contributed by atoms with Gasteiger partial charge in [-0.1, -0.05) is 18.2 Å². The molecule has 0 fully saturated rings. The normalized spacial score (nSPS) is 11.3. The number of hydrogen-bond donors (Lipinski definition) is 0. The Kier molecular flexibility index (Phi) is 4.46. The van der Waals surface area contributed by atoms with Crippen molar-refractivity contribution < 1.29 is 4.92 Å². The van der Waals surface area contributed by atoms with Gasteiger partial charge in [-0.25, -0.2) is 0 Å². The SMILES string of the molecule is N#C/C(=N/N=Nc1ccccc1)c1ccc([N+](=O)[O-])cc1. The van der Waals surface area contributed by atoms with E-state index in [0.29, 0.717) is 11.3 Å². The predicted octanol–water partition coefficient (Wildman–Crippen LogP) is 3.61. The van der Waals surface area contributed by atoms with Crippen LogP contribution in [0.4, 0.5) is 11.4 Å². The third-order valence-electron chi connectivity index (χ3n) is 2.52. The molecule has 0 unspecified atom stereocenters. The van der Waals surface area contributed by atoms with E-state index in [1.165, 1.54) is 24.3 Å². The zero-order valence-corrected chi connectivity index (χ0v) is 10.7. The number of non-ortho nitro benzene ring substituents is 1. The summed E-state index contributed by atoms with van der Waals surface area (Å²) in [4.78, 5) is 10.0. The highest BCUT2D eigenvalue weighted by atomic mass is 16.6. The van der Waals surface area contributed by atoms with Crippen molar-refractivity contribution in [2.45, 2.75) is 0 Å². The van der Waals surface area contributed by atoms with Gasteiger partial charge in [-0.05, 0) is 29.5 Å². The summed E-state index contributed by atoms with van der Waals surface area (Å²) >= 11 is 0. The van der Waals surface area contributed by atoms with Crippen LogP contribution >= 0.6 is 0 Å². The van der Waals surface area contributed by atoms with Crippen molar-refractivity contribution in [2.24, 2.45) is 15.4 Å². The second-order valence-electron chi connectivity index (χ2n) is 3.89. The molecule has 0 aliphatic carbocycles. The van der Waals surface area contributed by atoms with Crippen molar-refractivity contribution >= 4 is 17.1 Å². The molecule has 2 aromatic rings. The number of nitrogens with zero attached hydrogens (tertiary/aromatic N) is 5. The lowest BCUT2D eigenvalue weighted by Gasteiger charge is -1.95. The second-order valence-corrected chi connectivity index (χ2v) is 3.89. The molecule has 0 amide bonds. The van der Waals surface area contributed by atoms with Crippen LogP contribution in [0.25, 0.3) is 0 Å². The third kappa shape index (κ3) is 3.78. The van der Waals surface area contributed by atoms with Crippen molar-refractivity contribution in [3.8, 4) is 6.07 Å². The van der Waals surface area contributed by atoms with Gasteiger partial charge in [-0.15, -0.1) is 10.2 Å². The van der Waals surface area contributed by atoms with Crippen molar-refractivity contribution in [3.05, 3.63) is 70.3 Å². The van der Waals surface area contributed by atoms with Gasteiger partial charge in [0.15, 0.2) is 5.71 Å². The van der Waals surface area contributed by atoms with Gasteiger partial charge in [0.2, 0.25) is 0 Å². The average Bonchev–Trinajstić information content (AvgIpc) is 2.53. The van der Waals surface area contributed by atoms with Gasteiger partial charge in [0.25, 0.3) is 5.69 Å². The lowest BCUT2D eigenvalue weighted by atomic mass is 10.1. The highest BCUT2D eigenvalue weighted by Gasteiger charge is 2.07. The van der Waals surface area contributed by atoms with Crippen LogP contribution < -0.4 is 0 Å². The quantitative estimate of drug-likeness (QED) is 0.369. The summed E-state index contributed by atoms with van der Waals surface area (Å²) in [5, 5.41) is 30.8. The molecule has 0 atom stereocenters. The Hall–Kier alpha value is -3.40. The molecule has 0 aliphatic rings. The molecule has 0 heterocycles. The highest BCUT2D eigenvalue weighted by molar-refractivity contribution is 6.11. The van der Waals surface area contributed by atoms with E-state index >= 15 is 0 Å². The Bertz CT molecular complexity index is 730. The molecule has 21 heavy (non-hydrogen) atoms. The number of rotatable bonds is 4. The maximum atomic E-state index is 10.6. The molecule has 0 aliphatic heterocycles. The maximum absolute atomic E-state index is 10.6. The molecule has 0 N–H and O–H groups in total. The first kappa shape index (κ1) is 14.0. The van der Waals surface area contributed by atoms with Gasteiger partial charge in [0.1, 0.15) is 6.07 Å².